The van der Waals surface area contributed by atoms with Crippen LogP contribution < -0.4 is 5.32 Å². The molecule has 1 aliphatic rings. The fourth-order valence-corrected chi connectivity index (χ4v) is 3.90. The Morgan fingerprint density at radius 3 is 2.63 bits per heavy atom. The molecule has 0 bridgehead atoms. The molecule has 1 atom stereocenters. The Morgan fingerprint density at radius 1 is 1.26 bits per heavy atom. The van der Waals surface area contributed by atoms with Crippen LogP contribution in [0.4, 0.5) is 4.79 Å². The minimum Gasteiger partial charge on any atom is -0.480 e. The highest BCUT2D eigenvalue weighted by Gasteiger charge is 2.27. The lowest BCUT2D eigenvalue weighted by Crippen LogP contribution is -2.45. The Balaban J connectivity index is 1.89. The van der Waals surface area contributed by atoms with Gasteiger partial charge >= 0.3 is 12.0 Å². The average Bonchev–Trinajstić information content (AvgIpc) is 2.85. The van der Waals surface area contributed by atoms with Gasteiger partial charge in [0.2, 0.25) is 0 Å². The second-order valence-electron chi connectivity index (χ2n) is 8.24. The number of hydrogen-bond acceptors (Lipinski definition) is 3. The predicted molar refractivity (Wildman–Crippen MR) is 107 cm³/mol. The van der Waals surface area contributed by atoms with E-state index >= 15 is 0 Å². The first kappa shape index (κ1) is 21.2. The molecule has 2 N–H and O–H groups in total. The number of nitrogens with zero attached hydrogens (tertiary/aromatic N) is 2. The standard InChI is InChI=1S/C21H33N3O3/c1-16-8-5-6-10-18(16)21(2,3)15-22-20(27)24-12-7-9-17(11-13-24)23(4)14-19(25)26/h5-6,8,10,17H,7,9,11-15H2,1-4H3,(H,22,27)(H,25,26). The highest BCUT2D eigenvalue weighted by atomic mass is 16.4. The van der Waals surface area contributed by atoms with Crippen LogP contribution in [0, 0.1) is 6.92 Å². The summed E-state index contributed by atoms with van der Waals surface area (Å²) in [7, 11) is 1.85. The highest BCUT2D eigenvalue weighted by molar-refractivity contribution is 5.74. The van der Waals surface area contributed by atoms with Gasteiger partial charge in [-0.2, -0.15) is 0 Å². The fourth-order valence-electron chi connectivity index (χ4n) is 3.90. The summed E-state index contributed by atoms with van der Waals surface area (Å²) in [4.78, 5) is 27.3. The number of rotatable bonds is 6. The lowest BCUT2D eigenvalue weighted by molar-refractivity contribution is -0.138. The van der Waals surface area contributed by atoms with E-state index in [0.717, 1.165) is 19.3 Å². The van der Waals surface area contributed by atoms with E-state index in [9.17, 15) is 9.59 Å². The molecule has 1 aromatic carbocycles. The molecule has 6 heteroatoms. The van der Waals surface area contributed by atoms with E-state index in [4.69, 9.17) is 5.11 Å². The molecule has 6 nitrogen and oxygen atoms in total. The summed E-state index contributed by atoms with van der Waals surface area (Å²) in [5.41, 5.74) is 2.34. The first-order valence-electron chi connectivity index (χ1n) is 9.71. The van der Waals surface area contributed by atoms with Gasteiger partial charge in [-0.1, -0.05) is 38.1 Å². The highest BCUT2D eigenvalue weighted by Crippen LogP contribution is 2.25. The number of carbonyl (C=O) groups excluding carboxylic acids is 1. The number of amides is 2. The number of carbonyl (C=O) groups is 2. The Labute approximate surface area is 162 Å². The van der Waals surface area contributed by atoms with Crippen LogP contribution in [-0.4, -0.2) is 66.2 Å². The molecule has 0 aromatic heterocycles. The first-order chi connectivity index (χ1) is 12.7. The van der Waals surface area contributed by atoms with Crippen molar-refractivity contribution in [2.45, 2.75) is 51.5 Å². The van der Waals surface area contributed by atoms with Crippen LogP contribution in [0.5, 0.6) is 0 Å². The number of carboxylic acid groups (broad SMARTS) is 1. The van der Waals surface area contributed by atoms with Crippen LogP contribution in [0.2, 0.25) is 0 Å². The third-order valence-electron chi connectivity index (χ3n) is 5.55. The van der Waals surface area contributed by atoms with Gasteiger partial charge < -0.3 is 15.3 Å². The number of hydrogen-bond donors (Lipinski definition) is 2. The summed E-state index contributed by atoms with van der Waals surface area (Å²) < 4.78 is 0. The van der Waals surface area contributed by atoms with Crippen molar-refractivity contribution in [3.63, 3.8) is 0 Å². The van der Waals surface area contributed by atoms with E-state index < -0.39 is 5.97 Å². The number of urea groups is 1. The molecule has 2 rings (SSSR count). The molecule has 1 aliphatic heterocycles. The van der Waals surface area contributed by atoms with Gasteiger partial charge in [0.1, 0.15) is 0 Å². The number of likely N-dealkylation sites (tertiary alicyclic amines) is 1. The molecule has 1 fully saturated rings. The zero-order chi connectivity index (χ0) is 20.0. The van der Waals surface area contributed by atoms with Gasteiger partial charge in [0.25, 0.3) is 0 Å². The summed E-state index contributed by atoms with van der Waals surface area (Å²) in [6.45, 7) is 8.39. The van der Waals surface area contributed by atoms with Crippen LogP contribution in [0.15, 0.2) is 24.3 Å². The van der Waals surface area contributed by atoms with E-state index in [0.29, 0.717) is 19.6 Å². The molecule has 0 radical (unpaired) electrons. The van der Waals surface area contributed by atoms with Crippen molar-refractivity contribution >= 4 is 12.0 Å². The number of benzene rings is 1. The van der Waals surface area contributed by atoms with Crippen LogP contribution >= 0.6 is 0 Å². The SMILES string of the molecule is Cc1ccccc1C(C)(C)CNC(=O)N1CCCC(N(C)CC(=O)O)CC1. The Hall–Kier alpha value is -2.08. The maximum Gasteiger partial charge on any atom is 0.317 e. The molecular weight excluding hydrogens is 342 g/mol. The van der Waals surface area contributed by atoms with Gasteiger partial charge in [-0.3, -0.25) is 9.69 Å². The average molecular weight is 376 g/mol. The number of nitrogens with one attached hydrogen (secondary N) is 1. The van der Waals surface area contributed by atoms with Gasteiger partial charge in [-0.25, -0.2) is 4.79 Å². The van der Waals surface area contributed by atoms with Crippen molar-refractivity contribution < 1.29 is 14.7 Å². The zero-order valence-corrected chi connectivity index (χ0v) is 17.0. The van der Waals surface area contributed by atoms with Crippen molar-refractivity contribution in [1.82, 2.24) is 15.1 Å². The van der Waals surface area contributed by atoms with E-state index in [1.54, 1.807) is 0 Å². The zero-order valence-electron chi connectivity index (χ0n) is 17.0. The van der Waals surface area contributed by atoms with Gasteiger partial charge in [-0.15, -0.1) is 0 Å². The van der Waals surface area contributed by atoms with Crippen molar-refractivity contribution in [2.24, 2.45) is 0 Å². The van der Waals surface area contributed by atoms with Crippen LogP contribution in [0.1, 0.15) is 44.2 Å². The smallest absolute Gasteiger partial charge is 0.317 e. The molecule has 0 aliphatic carbocycles. The Kier molecular flexibility index (Phi) is 7.25. The molecule has 1 aromatic rings. The molecule has 1 unspecified atom stereocenters. The van der Waals surface area contributed by atoms with Crippen LogP contribution in [0.25, 0.3) is 0 Å². The molecular formula is C21H33N3O3. The second-order valence-corrected chi connectivity index (χ2v) is 8.24. The Morgan fingerprint density at radius 2 is 1.96 bits per heavy atom. The molecule has 1 heterocycles. The Bertz CT molecular complexity index is 660. The maximum absolute atomic E-state index is 12.7. The van der Waals surface area contributed by atoms with E-state index in [1.807, 2.05) is 29.0 Å². The van der Waals surface area contributed by atoms with Crippen molar-refractivity contribution in [1.29, 1.82) is 0 Å². The van der Waals surface area contributed by atoms with Gasteiger partial charge in [0.15, 0.2) is 0 Å². The summed E-state index contributed by atoms with van der Waals surface area (Å²) in [5.74, 6) is -0.810. The van der Waals surface area contributed by atoms with E-state index in [2.05, 4.69) is 38.2 Å². The fraction of sp³-hybridized carbons (Fsp3) is 0.619. The molecule has 1 saturated heterocycles. The molecule has 0 saturated carbocycles. The van der Waals surface area contributed by atoms with Crippen molar-refractivity contribution in [2.75, 3.05) is 33.2 Å². The lowest BCUT2D eigenvalue weighted by atomic mass is 9.82. The number of aryl methyl sites for hydroxylation is 1. The van der Waals surface area contributed by atoms with E-state index in [-0.39, 0.29) is 24.0 Å². The predicted octanol–water partition coefficient (Wildman–Crippen LogP) is 2.85. The third-order valence-corrected chi connectivity index (χ3v) is 5.55. The normalized spacial score (nSPS) is 18.3. The summed E-state index contributed by atoms with van der Waals surface area (Å²) in [5, 5.41) is 12.1. The number of likely N-dealkylation sites (N-methyl/N-ethyl adjacent to an activating group) is 1. The summed E-state index contributed by atoms with van der Waals surface area (Å²) >= 11 is 0. The molecule has 0 spiro atoms. The van der Waals surface area contributed by atoms with Crippen LogP contribution in [0.3, 0.4) is 0 Å². The number of aliphatic carboxylic acids is 1. The van der Waals surface area contributed by atoms with Crippen molar-refractivity contribution in [3.05, 3.63) is 35.4 Å². The monoisotopic (exact) mass is 375 g/mol. The second kappa shape index (κ2) is 9.22. The van der Waals surface area contributed by atoms with Gasteiger partial charge in [0.05, 0.1) is 6.54 Å². The quantitative estimate of drug-likeness (QED) is 0.802. The van der Waals surface area contributed by atoms with Crippen LogP contribution in [-0.2, 0) is 10.2 Å². The van der Waals surface area contributed by atoms with Gasteiger partial charge in [0, 0.05) is 31.1 Å². The minimum atomic E-state index is -0.810. The lowest BCUT2D eigenvalue weighted by Gasteiger charge is -2.29. The molecule has 27 heavy (non-hydrogen) atoms. The third kappa shape index (κ3) is 5.96. The molecule has 2 amide bonds. The maximum atomic E-state index is 12.7. The summed E-state index contributed by atoms with van der Waals surface area (Å²) in [6.07, 6.45) is 2.61. The first-order valence-corrected chi connectivity index (χ1v) is 9.71. The topological polar surface area (TPSA) is 72.9 Å². The molecule has 150 valence electrons. The largest absolute Gasteiger partial charge is 0.480 e. The van der Waals surface area contributed by atoms with E-state index in [1.165, 1.54) is 11.1 Å². The van der Waals surface area contributed by atoms with Crippen molar-refractivity contribution in [3.8, 4) is 0 Å². The minimum absolute atomic E-state index is 0.0294. The number of carboxylic acids is 1. The van der Waals surface area contributed by atoms with Gasteiger partial charge in [-0.05, 0) is 44.4 Å². The summed E-state index contributed by atoms with van der Waals surface area (Å²) in [6, 6.07) is 8.47.